The second-order valence-electron chi connectivity index (χ2n) is 8.11. The van der Waals surface area contributed by atoms with Crippen LogP contribution in [0, 0.1) is 0 Å². The SMILES string of the molecule is CC(C)(C(O)c1ccc(C2CCCCC2)cc1)N1CCCCC1. The number of hydrogen-bond donors (Lipinski definition) is 1. The van der Waals surface area contributed by atoms with Crippen LogP contribution < -0.4 is 0 Å². The molecular weight excluding hydrogens is 282 g/mol. The van der Waals surface area contributed by atoms with Gasteiger partial charge in [-0.05, 0) is 69.7 Å². The molecule has 2 nitrogen and oxygen atoms in total. The third kappa shape index (κ3) is 3.80. The second-order valence-corrected chi connectivity index (χ2v) is 8.11. The molecule has 1 N–H and O–H groups in total. The van der Waals surface area contributed by atoms with Crippen LogP contribution in [-0.2, 0) is 0 Å². The average Bonchev–Trinajstić information content (AvgIpc) is 2.63. The minimum atomic E-state index is -0.416. The van der Waals surface area contributed by atoms with Crippen molar-refractivity contribution in [3.05, 3.63) is 35.4 Å². The van der Waals surface area contributed by atoms with Gasteiger partial charge in [-0.25, -0.2) is 0 Å². The van der Waals surface area contributed by atoms with Crippen molar-refractivity contribution in [1.82, 2.24) is 4.90 Å². The van der Waals surface area contributed by atoms with E-state index in [1.165, 1.54) is 56.9 Å². The van der Waals surface area contributed by atoms with E-state index in [9.17, 15) is 5.11 Å². The summed E-state index contributed by atoms with van der Waals surface area (Å²) in [6.07, 6.45) is 10.3. The van der Waals surface area contributed by atoms with E-state index in [-0.39, 0.29) is 5.54 Å². The molecule has 3 rings (SSSR count). The van der Waals surface area contributed by atoms with Gasteiger partial charge in [0.15, 0.2) is 0 Å². The molecule has 0 radical (unpaired) electrons. The summed E-state index contributed by atoms with van der Waals surface area (Å²) in [5.74, 6) is 0.741. The maximum Gasteiger partial charge on any atom is 0.0968 e. The lowest BCUT2D eigenvalue weighted by Crippen LogP contribution is -2.50. The van der Waals surface area contributed by atoms with Crippen molar-refractivity contribution in [3.8, 4) is 0 Å². The highest BCUT2D eigenvalue weighted by molar-refractivity contribution is 5.28. The summed E-state index contributed by atoms with van der Waals surface area (Å²) in [6.45, 7) is 6.62. The maximum absolute atomic E-state index is 11.0. The van der Waals surface area contributed by atoms with Gasteiger partial charge in [-0.15, -0.1) is 0 Å². The quantitative estimate of drug-likeness (QED) is 0.842. The van der Waals surface area contributed by atoms with Crippen LogP contribution in [0.15, 0.2) is 24.3 Å². The lowest BCUT2D eigenvalue weighted by atomic mass is 9.82. The fourth-order valence-electron chi connectivity index (χ4n) is 4.44. The van der Waals surface area contributed by atoms with Gasteiger partial charge in [0.1, 0.15) is 0 Å². The third-order valence-corrected chi connectivity index (χ3v) is 6.17. The Kier molecular flexibility index (Phi) is 5.43. The molecule has 1 saturated heterocycles. The van der Waals surface area contributed by atoms with Gasteiger partial charge < -0.3 is 5.11 Å². The van der Waals surface area contributed by atoms with Gasteiger partial charge in [0.05, 0.1) is 6.10 Å². The Morgan fingerprint density at radius 3 is 2.09 bits per heavy atom. The zero-order valence-corrected chi connectivity index (χ0v) is 14.9. The number of rotatable bonds is 4. The van der Waals surface area contributed by atoms with Crippen LogP contribution in [0.1, 0.15) is 88.4 Å². The number of nitrogens with zero attached hydrogens (tertiary/aromatic N) is 1. The van der Waals surface area contributed by atoms with Crippen LogP contribution in [0.5, 0.6) is 0 Å². The lowest BCUT2D eigenvalue weighted by Gasteiger charge is -2.44. The number of aliphatic hydroxyl groups is 1. The topological polar surface area (TPSA) is 23.5 Å². The molecule has 0 aromatic heterocycles. The third-order valence-electron chi connectivity index (χ3n) is 6.17. The predicted molar refractivity (Wildman–Crippen MR) is 96.7 cm³/mol. The van der Waals surface area contributed by atoms with E-state index >= 15 is 0 Å². The van der Waals surface area contributed by atoms with Crippen LogP contribution in [-0.4, -0.2) is 28.6 Å². The van der Waals surface area contributed by atoms with E-state index in [1.807, 2.05) is 0 Å². The van der Waals surface area contributed by atoms with Crippen molar-refractivity contribution >= 4 is 0 Å². The summed E-state index contributed by atoms with van der Waals surface area (Å²) in [5.41, 5.74) is 2.35. The van der Waals surface area contributed by atoms with Crippen molar-refractivity contribution in [3.63, 3.8) is 0 Å². The van der Waals surface area contributed by atoms with Gasteiger partial charge in [0, 0.05) is 5.54 Å². The molecule has 0 bridgehead atoms. The molecule has 2 fully saturated rings. The van der Waals surface area contributed by atoms with Crippen molar-refractivity contribution in [2.75, 3.05) is 13.1 Å². The Morgan fingerprint density at radius 1 is 0.913 bits per heavy atom. The fourth-order valence-corrected chi connectivity index (χ4v) is 4.44. The summed E-state index contributed by atoms with van der Waals surface area (Å²) >= 11 is 0. The second kappa shape index (κ2) is 7.36. The molecule has 0 amide bonds. The molecule has 1 aromatic carbocycles. The fraction of sp³-hybridized carbons (Fsp3) is 0.714. The van der Waals surface area contributed by atoms with E-state index < -0.39 is 6.10 Å². The summed E-state index contributed by atoms with van der Waals surface area (Å²) < 4.78 is 0. The van der Waals surface area contributed by atoms with Gasteiger partial charge in [-0.1, -0.05) is 49.9 Å². The molecule has 23 heavy (non-hydrogen) atoms. The lowest BCUT2D eigenvalue weighted by molar-refractivity contribution is -0.0208. The monoisotopic (exact) mass is 315 g/mol. The molecule has 1 unspecified atom stereocenters. The summed E-state index contributed by atoms with van der Waals surface area (Å²) in [4.78, 5) is 2.47. The number of piperidine rings is 1. The van der Waals surface area contributed by atoms with Crippen LogP contribution >= 0.6 is 0 Å². The molecule has 1 aliphatic heterocycles. The zero-order chi connectivity index (χ0) is 16.3. The van der Waals surface area contributed by atoms with Crippen molar-refractivity contribution < 1.29 is 5.11 Å². The maximum atomic E-state index is 11.0. The minimum absolute atomic E-state index is 0.188. The normalized spacial score (nSPS) is 22.9. The highest BCUT2D eigenvalue weighted by Crippen LogP contribution is 2.36. The first-order valence-electron chi connectivity index (χ1n) is 9.62. The van der Waals surface area contributed by atoms with Gasteiger partial charge in [0.25, 0.3) is 0 Å². The van der Waals surface area contributed by atoms with E-state index in [2.05, 4.69) is 43.0 Å². The van der Waals surface area contributed by atoms with Gasteiger partial charge >= 0.3 is 0 Å². The molecule has 2 aliphatic rings. The number of aliphatic hydroxyl groups excluding tert-OH is 1. The van der Waals surface area contributed by atoms with Crippen LogP contribution in [0.3, 0.4) is 0 Å². The number of hydrogen-bond acceptors (Lipinski definition) is 2. The first-order valence-corrected chi connectivity index (χ1v) is 9.62. The number of likely N-dealkylation sites (tertiary alicyclic amines) is 1. The molecular formula is C21H33NO. The Morgan fingerprint density at radius 2 is 1.48 bits per heavy atom. The molecule has 2 heteroatoms. The zero-order valence-electron chi connectivity index (χ0n) is 14.9. The first-order chi connectivity index (χ1) is 11.1. The summed E-state index contributed by atoms with van der Waals surface area (Å²) in [6, 6.07) is 8.86. The Labute approximate surface area is 141 Å². The first kappa shape index (κ1) is 17.0. The van der Waals surface area contributed by atoms with E-state index in [1.54, 1.807) is 0 Å². The van der Waals surface area contributed by atoms with Crippen LogP contribution in [0.25, 0.3) is 0 Å². The van der Waals surface area contributed by atoms with Crippen LogP contribution in [0.2, 0.25) is 0 Å². The largest absolute Gasteiger partial charge is 0.386 e. The molecule has 1 atom stereocenters. The smallest absolute Gasteiger partial charge is 0.0968 e. The molecule has 1 heterocycles. The highest BCUT2D eigenvalue weighted by Gasteiger charge is 2.35. The van der Waals surface area contributed by atoms with E-state index in [0.29, 0.717) is 0 Å². The van der Waals surface area contributed by atoms with Crippen LogP contribution in [0.4, 0.5) is 0 Å². The Bertz CT molecular complexity index is 481. The van der Waals surface area contributed by atoms with Crippen molar-refractivity contribution in [2.45, 2.75) is 82.8 Å². The van der Waals surface area contributed by atoms with Gasteiger partial charge in [-0.3, -0.25) is 4.90 Å². The highest BCUT2D eigenvalue weighted by atomic mass is 16.3. The molecule has 128 valence electrons. The summed E-state index contributed by atoms with van der Waals surface area (Å²) in [5, 5.41) is 11.0. The van der Waals surface area contributed by atoms with E-state index in [4.69, 9.17) is 0 Å². The predicted octanol–water partition coefficient (Wildman–Crippen LogP) is 5.03. The minimum Gasteiger partial charge on any atom is -0.386 e. The Hall–Kier alpha value is -0.860. The Balaban J connectivity index is 1.70. The van der Waals surface area contributed by atoms with Crippen molar-refractivity contribution in [2.24, 2.45) is 0 Å². The van der Waals surface area contributed by atoms with E-state index in [0.717, 1.165) is 24.6 Å². The molecule has 1 saturated carbocycles. The average molecular weight is 316 g/mol. The standard InChI is InChI=1S/C21H33NO/c1-21(2,22-15-7-4-8-16-22)20(23)19-13-11-18(12-14-19)17-9-5-3-6-10-17/h11-14,17,20,23H,3-10,15-16H2,1-2H3. The number of benzene rings is 1. The molecule has 0 spiro atoms. The van der Waals surface area contributed by atoms with Gasteiger partial charge in [-0.2, -0.15) is 0 Å². The molecule has 1 aromatic rings. The molecule has 1 aliphatic carbocycles. The summed E-state index contributed by atoms with van der Waals surface area (Å²) in [7, 11) is 0. The van der Waals surface area contributed by atoms with Gasteiger partial charge in [0.2, 0.25) is 0 Å². The van der Waals surface area contributed by atoms with Crippen molar-refractivity contribution in [1.29, 1.82) is 0 Å².